The summed E-state index contributed by atoms with van der Waals surface area (Å²) in [6.07, 6.45) is 1.91. The molecule has 2 heterocycles. The van der Waals surface area contributed by atoms with E-state index >= 15 is 0 Å². The van der Waals surface area contributed by atoms with Gasteiger partial charge in [0, 0.05) is 42.7 Å². The number of carbonyl (C=O) groups excluding carboxylic acids is 1. The van der Waals surface area contributed by atoms with Gasteiger partial charge < -0.3 is 14.6 Å². The first-order valence-corrected chi connectivity index (χ1v) is 9.02. The molecule has 1 aliphatic carbocycles. The van der Waals surface area contributed by atoms with E-state index in [0.717, 1.165) is 12.8 Å². The number of amides is 1. The molecule has 3 rings (SSSR count). The van der Waals surface area contributed by atoms with Gasteiger partial charge in [-0.1, -0.05) is 0 Å². The maximum Gasteiger partial charge on any atom is 0.274 e. The van der Waals surface area contributed by atoms with Crippen LogP contribution in [0, 0.1) is 0 Å². The number of nitrogens with one attached hydrogen (secondary N) is 1. The van der Waals surface area contributed by atoms with Crippen LogP contribution in [0.15, 0.2) is 10.9 Å². The summed E-state index contributed by atoms with van der Waals surface area (Å²) in [7, 11) is -1.12. The molecule has 1 amide bonds. The molecule has 2 N–H and O–H groups in total. The van der Waals surface area contributed by atoms with Crippen molar-refractivity contribution in [2.75, 3.05) is 6.54 Å². The molecule has 0 radical (unpaired) electrons. The van der Waals surface area contributed by atoms with Gasteiger partial charge >= 0.3 is 0 Å². The molecule has 8 heteroatoms. The van der Waals surface area contributed by atoms with E-state index in [4.69, 9.17) is 0 Å². The van der Waals surface area contributed by atoms with E-state index in [0.29, 0.717) is 18.8 Å². The molecule has 2 aliphatic rings. The number of aromatic nitrogens is 1. The zero-order chi connectivity index (χ0) is 16.7. The smallest absolute Gasteiger partial charge is 0.274 e. The van der Waals surface area contributed by atoms with Gasteiger partial charge in [-0.15, -0.1) is 0 Å². The number of pyridine rings is 1. The highest BCUT2D eigenvalue weighted by Gasteiger charge is 2.32. The summed E-state index contributed by atoms with van der Waals surface area (Å²) >= 11 is 0. The van der Waals surface area contributed by atoms with E-state index in [-0.39, 0.29) is 29.4 Å². The van der Waals surface area contributed by atoms with Crippen LogP contribution in [0.25, 0.3) is 0 Å². The molecule has 0 spiro atoms. The molecule has 0 aromatic carbocycles. The average molecular weight is 339 g/mol. The standard InChI is InChI=1S/C15H21N3O4S/c1-9(2)17-5-6-18-10(8-16-23(22)11-3-4-11)7-12(19)14(20)13(18)15(17)21/h7,9,11,16,20H,3-6,8H2,1-2H3. The van der Waals surface area contributed by atoms with E-state index < -0.39 is 22.2 Å². The molecular formula is C15H21N3O4S. The molecule has 1 aliphatic heterocycles. The monoisotopic (exact) mass is 339 g/mol. The van der Waals surface area contributed by atoms with Crippen LogP contribution in [0.2, 0.25) is 0 Å². The summed E-state index contributed by atoms with van der Waals surface area (Å²) in [5, 5.41) is 10.2. The third kappa shape index (κ3) is 3.05. The highest BCUT2D eigenvalue weighted by molar-refractivity contribution is 7.83. The minimum atomic E-state index is -1.12. The molecule has 1 atom stereocenters. The van der Waals surface area contributed by atoms with Crippen LogP contribution in [0.5, 0.6) is 5.75 Å². The number of hydrogen-bond donors (Lipinski definition) is 2. The Hall–Kier alpha value is -1.67. The van der Waals surface area contributed by atoms with Crippen LogP contribution < -0.4 is 10.2 Å². The van der Waals surface area contributed by atoms with Crippen LogP contribution in [-0.4, -0.2) is 42.5 Å². The van der Waals surface area contributed by atoms with Gasteiger partial charge in [0.15, 0.2) is 11.4 Å². The summed E-state index contributed by atoms with van der Waals surface area (Å²) in [4.78, 5) is 26.2. The number of fused-ring (bicyclic) bond motifs is 1. The summed E-state index contributed by atoms with van der Waals surface area (Å²) in [6.45, 7) is 5.05. The molecule has 0 bridgehead atoms. The van der Waals surface area contributed by atoms with Gasteiger partial charge in [0.25, 0.3) is 5.91 Å². The lowest BCUT2D eigenvalue weighted by atomic mass is 10.1. The van der Waals surface area contributed by atoms with E-state index in [1.165, 1.54) is 6.07 Å². The molecule has 1 aromatic heterocycles. The van der Waals surface area contributed by atoms with Gasteiger partial charge in [-0.05, 0) is 26.7 Å². The summed E-state index contributed by atoms with van der Waals surface area (Å²) in [6, 6.07) is 1.31. The van der Waals surface area contributed by atoms with Crippen molar-refractivity contribution in [3.05, 3.63) is 27.7 Å². The first-order valence-electron chi connectivity index (χ1n) is 7.81. The molecule has 1 fully saturated rings. The molecule has 7 nitrogen and oxygen atoms in total. The fourth-order valence-corrected chi connectivity index (χ4v) is 3.88. The van der Waals surface area contributed by atoms with Crippen molar-refractivity contribution in [2.24, 2.45) is 0 Å². The minimum absolute atomic E-state index is 0.00472. The predicted octanol–water partition coefficient (Wildman–Crippen LogP) is 0.334. The lowest BCUT2D eigenvalue weighted by Crippen LogP contribution is -2.46. The molecule has 1 unspecified atom stereocenters. The Morgan fingerprint density at radius 2 is 2.04 bits per heavy atom. The summed E-state index contributed by atoms with van der Waals surface area (Å²) < 4.78 is 16.5. The van der Waals surface area contributed by atoms with Gasteiger partial charge in [0.1, 0.15) is 0 Å². The quantitative estimate of drug-likeness (QED) is 0.809. The van der Waals surface area contributed by atoms with Gasteiger partial charge in [0.05, 0.1) is 11.0 Å². The first kappa shape index (κ1) is 16.2. The third-order valence-corrected chi connectivity index (χ3v) is 5.75. The van der Waals surface area contributed by atoms with Crippen molar-refractivity contribution >= 4 is 16.9 Å². The van der Waals surface area contributed by atoms with Crippen LogP contribution in [0.3, 0.4) is 0 Å². The Kier molecular flexibility index (Phi) is 4.29. The van der Waals surface area contributed by atoms with Crippen LogP contribution in [-0.2, 0) is 24.1 Å². The van der Waals surface area contributed by atoms with E-state index in [2.05, 4.69) is 4.72 Å². The third-order valence-electron chi connectivity index (χ3n) is 4.25. The topological polar surface area (TPSA) is 91.6 Å². The molecule has 1 saturated carbocycles. The maximum atomic E-state index is 12.6. The number of carbonyl (C=O) groups is 1. The second-order valence-corrected chi connectivity index (χ2v) is 7.81. The summed E-state index contributed by atoms with van der Waals surface area (Å²) in [5.41, 5.74) is 0.0317. The lowest BCUT2D eigenvalue weighted by molar-refractivity contribution is 0.0639. The zero-order valence-corrected chi connectivity index (χ0v) is 14.1. The summed E-state index contributed by atoms with van der Waals surface area (Å²) in [5.74, 6) is -0.849. The second-order valence-electron chi connectivity index (χ2n) is 6.26. The van der Waals surface area contributed by atoms with Crippen molar-refractivity contribution in [3.63, 3.8) is 0 Å². The molecule has 1 aromatic rings. The van der Waals surface area contributed by atoms with Gasteiger partial charge in [-0.25, -0.2) is 8.93 Å². The first-order chi connectivity index (χ1) is 10.9. The number of aromatic hydroxyl groups is 1. The fraction of sp³-hybridized carbons (Fsp3) is 0.600. The molecule has 0 saturated heterocycles. The SMILES string of the molecule is CC(C)N1CCn2c(CNS(=O)C3CC3)cc(=O)c(O)c2C1=O. The Morgan fingerprint density at radius 1 is 1.35 bits per heavy atom. The number of hydrogen-bond acceptors (Lipinski definition) is 4. The predicted molar refractivity (Wildman–Crippen MR) is 86.5 cm³/mol. The zero-order valence-electron chi connectivity index (χ0n) is 13.2. The maximum absolute atomic E-state index is 12.6. The van der Waals surface area contributed by atoms with Gasteiger partial charge in [-0.3, -0.25) is 9.59 Å². The molecule has 126 valence electrons. The van der Waals surface area contributed by atoms with Gasteiger partial charge in [-0.2, -0.15) is 0 Å². The lowest BCUT2D eigenvalue weighted by Gasteiger charge is -2.34. The highest BCUT2D eigenvalue weighted by Crippen LogP contribution is 2.26. The Morgan fingerprint density at radius 3 is 2.65 bits per heavy atom. The van der Waals surface area contributed by atoms with E-state index in [9.17, 15) is 18.9 Å². The van der Waals surface area contributed by atoms with E-state index in [1.807, 2.05) is 13.8 Å². The largest absolute Gasteiger partial charge is 0.503 e. The molecule has 23 heavy (non-hydrogen) atoms. The average Bonchev–Trinajstić information content (AvgIpc) is 3.33. The van der Waals surface area contributed by atoms with Crippen LogP contribution in [0.4, 0.5) is 0 Å². The normalized spacial score (nSPS) is 19.1. The number of nitrogens with zero attached hydrogens (tertiary/aromatic N) is 2. The van der Waals surface area contributed by atoms with Crippen molar-refractivity contribution in [3.8, 4) is 5.75 Å². The number of rotatable bonds is 5. The Balaban J connectivity index is 1.93. The Bertz CT molecular complexity index is 724. The Labute approximate surface area is 136 Å². The highest BCUT2D eigenvalue weighted by atomic mass is 32.2. The second kappa shape index (κ2) is 6.09. The molecular weight excluding hydrogens is 318 g/mol. The van der Waals surface area contributed by atoms with Crippen molar-refractivity contribution in [2.45, 2.75) is 51.1 Å². The van der Waals surface area contributed by atoms with E-state index in [1.54, 1.807) is 9.47 Å². The fourth-order valence-electron chi connectivity index (χ4n) is 2.79. The minimum Gasteiger partial charge on any atom is -0.503 e. The van der Waals surface area contributed by atoms with Crippen molar-refractivity contribution < 1.29 is 14.1 Å². The van der Waals surface area contributed by atoms with Crippen LogP contribution >= 0.6 is 0 Å². The van der Waals surface area contributed by atoms with Crippen LogP contribution in [0.1, 0.15) is 42.9 Å². The van der Waals surface area contributed by atoms with Crippen molar-refractivity contribution in [1.29, 1.82) is 0 Å². The van der Waals surface area contributed by atoms with Gasteiger partial charge in [0.2, 0.25) is 5.43 Å². The van der Waals surface area contributed by atoms with Crippen molar-refractivity contribution in [1.82, 2.24) is 14.2 Å².